The number of imidazole rings is 1. The summed E-state index contributed by atoms with van der Waals surface area (Å²) in [5, 5.41) is 0. The van der Waals surface area contributed by atoms with E-state index in [4.69, 9.17) is 5.73 Å². The van der Waals surface area contributed by atoms with Crippen LogP contribution in [0.3, 0.4) is 0 Å². The Morgan fingerprint density at radius 1 is 1.05 bits per heavy atom. The van der Waals surface area contributed by atoms with Crippen molar-refractivity contribution in [1.82, 2.24) is 9.55 Å². The molecule has 1 atom stereocenters. The van der Waals surface area contributed by atoms with E-state index in [2.05, 4.69) is 58.1 Å². The zero-order valence-electron chi connectivity index (χ0n) is 12.1. The van der Waals surface area contributed by atoms with Gasteiger partial charge < -0.3 is 10.3 Å². The van der Waals surface area contributed by atoms with Gasteiger partial charge in [0.05, 0.1) is 23.9 Å². The lowest BCUT2D eigenvalue weighted by molar-refractivity contribution is 0.750. The van der Waals surface area contributed by atoms with E-state index in [0.29, 0.717) is 0 Å². The molecule has 0 aliphatic rings. The van der Waals surface area contributed by atoms with Crippen LogP contribution >= 0.6 is 0 Å². The number of para-hydroxylation sites is 1. The zero-order chi connectivity index (χ0) is 14.7. The summed E-state index contributed by atoms with van der Waals surface area (Å²) >= 11 is 0. The molecule has 3 rings (SSSR count). The maximum atomic E-state index is 6.04. The van der Waals surface area contributed by atoms with Gasteiger partial charge in [-0.25, -0.2) is 4.98 Å². The number of aromatic nitrogens is 2. The Kier molecular flexibility index (Phi) is 3.84. The van der Waals surface area contributed by atoms with E-state index in [1.807, 2.05) is 25.5 Å². The van der Waals surface area contributed by atoms with Crippen LogP contribution in [0.5, 0.6) is 0 Å². The lowest BCUT2D eigenvalue weighted by Gasteiger charge is -2.15. The monoisotopic (exact) mass is 277 g/mol. The molecule has 0 saturated carbocycles. The number of benzene rings is 2. The molecule has 0 radical (unpaired) electrons. The average molecular weight is 277 g/mol. The van der Waals surface area contributed by atoms with Crippen LogP contribution in [0.15, 0.2) is 67.1 Å². The summed E-state index contributed by atoms with van der Waals surface area (Å²) in [5.41, 5.74) is 10.8. The van der Waals surface area contributed by atoms with E-state index in [1.54, 1.807) is 0 Å². The third-order valence-corrected chi connectivity index (χ3v) is 3.62. The van der Waals surface area contributed by atoms with Crippen LogP contribution in [0.4, 0.5) is 0 Å². The van der Waals surface area contributed by atoms with E-state index in [-0.39, 0.29) is 6.04 Å². The van der Waals surface area contributed by atoms with Crippen LogP contribution in [-0.2, 0) is 6.42 Å². The topological polar surface area (TPSA) is 43.8 Å². The molecular formula is C18H19N3. The van der Waals surface area contributed by atoms with Gasteiger partial charge in [0.2, 0.25) is 0 Å². The van der Waals surface area contributed by atoms with Gasteiger partial charge in [-0.05, 0) is 30.5 Å². The van der Waals surface area contributed by atoms with E-state index >= 15 is 0 Å². The molecule has 3 heteroatoms. The summed E-state index contributed by atoms with van der Waals surface area (Å²) in [6, 6.07) is 18.8. The van der Waals surface area contributed by atoms with Gasteiger partial charge in [-0.3, -0.25) is 0 Å². The summed E-state index contributed by atoms with van der Waals surface area (Å²) < 4.78 is 2.09. The quantitative estimate of drug-likeness (QED) is 0.793. The maximum absolute atomic E-state index is 6.04. The SMILES string of the molecule is CC(N)c1cncn1-c1ccccc1Cc1ccccc1. The largest absolute Gasteiger partial charge is 0.323 e. The molecule has 106 valence electrons. The van der Waals surface area contributed by atoms with Crippen molar-refractivity contribution in [2.75, 3.05) is 0 Å². The molecule has 0 aliphatic carbocycles. The van der Waals surface area contributed by atoms with Gasteiger partial charge in [0.1, 0.15) is 0 Å². The van der Waals surface area contributed by atoms with Gasteiger partial charge in [0.25, 0.3) is 0 Å². The highest BCUT2D eigenvalue weighted by Crippen LogP contribution is 2.22. The van der Waals surface area contributed by atoms with Gasteiger partial charge >= 0.3 is 0 Å². The first kappa shape index (κ1) is 13.6. The molecule has 2 N–H and O–H groups in total. The fourth-order valence-corrected chi connectivity index (χ4v) is 2.55. The second-order valence-electron chi connectivity index (χ2n) is 5.27. The average Bonchev–Trinajstić information content (AvgIpc) is 2.98. The predicted octanol–water partition coefficient (Wildman–Crippen LogP) is 3.48. The molecule has 21 heavy (non-hydrogen) atoms. The van der Waals surface area contributed by atoms with Crippen molar-refractivity contribution >= 4 is 0 Å². The Labute approximate surface area is 125 Å². The van der Waals surface area contributed by atoms with E-state index in [1.165, 1.54) is 11.1 Å². The van der Waals surface area contributed by atoms with E-state index in [9.17, 15) is 0 Å². The first-order valence-corrected chi connectivity index (χ1v) is 7.15. The van der Waals surface area contributed by atoms with Gasteiger partial charge in [-0.15, -0.1) is 0 Å². The van der Waals surface area contributed by atoms with Crippen LogP contribution < -0.4 is 5.73 Å². The van der Waals surface area contributed by atoms with Gasteiger partial charge in [-0.1, -0.05) is 48.5 Å². The van der Waals surface area contributed by atoms with Crippen molar-refractivity contribution in [2.45, 2.75) is 19.4 Å². The van der Waals surface area contributed by atoms with E-state index in [0.717, 1.165) is 17.8 Å². The van der Waals surface area contributed by atoms with Crippen molar-refractivity contribution in [2.24, 2.45) is 5.73 Å². The normalized spacial score (nSPS) is 12.3. The number of nitrogens with two attached hydrogens (primary N) is 1. The Bertz CT molecular complexity index is 714. The molecule has 3 aromatic rings. The molecule has 1 heterocycles. The molecule has 0 amide bonds. The molecule has 1 unspecified atom stereocenters. The Morgan fingerprint density at radius 2 is 1.76 bits per heavy atom. The van der Waals surface area contributed by atoms with Crippen molar-refractivity contribution in [1.29, 1.82) is 0 Å². The lowest BCUT2D eigenvalue weighted by atomic mass is 10.0. The van der Waals surface area contributed by atoms with Crippen molar-refractivity contribution in [3.63, 3.8) is 0 Å². The van der Waals surface area contributed by atoms with Crippen LogP contribution in [0.25, 0.3) is 5.69 Å². The summed E-state index contributed by atoms with van der Waals surface area (Å²) in [4.78, 5) is 4.25. The Balaban J connectivity index is 2.02. The molecular weight excluding hydrogens is 258 g/mol. The Morgan fingerprint density at radius 3 is 2.52 bits per heavy atom. The predicted molar refractivity (Wildman–Crippen MR) is 85.4 cm³/mol. The molecule has 0 spiro atoms. The van der Waals surface area contributed by atoms with Crippen molar-refractivity contribution in [3.8, 4) is 5.69 Å². The molecule has 0 saturated heterocycles. The van der Waals surface area contributed by atoms with Gasteiger partial charge in [-0.2, -0.15) is 0 Å². The Hall–Kier alpha value is -2.39. The summed E-state index contributed by atoms with van der Waals surface area (Å²) in [7, 11) is 0. The third-order valence-electron chi connectivity index (χ3n) is 3.62. The van der Waals surface area contributed by atoms with Gasteiger partial charge in [0, 0.05) is 6.04 Å². The van der Waals surface area contributed by atoms with E-state index < -0.39 is 0 Å². The van der Waals surface area contributed by atoms with Crippen LogP contribution in [0.1, 0.15) is 29.8 Å². The summed E-state index contributed by atoms with van der Waals surface area (Å²) in [6.07, 6.45) is 4.57. The standard InChI is InChI=1S/C18H19N3/c1-14(19)18-12-20-13-21(18)17-10-6-5-9-16(17)11-15-7-3-2-4-8-15/h2-10,12-14H,11,19H2,1H3. The molecule has 0 aliphatic heterocycles. The third kappa shape index (κ3) is 2.88. The second kappa shape index (κ2) is 5.94. The first-order valence-electron chi connectivity index (χ1n) is 7.15. The minimum absolute atomic E-state index is 0.0442. The smallest absolute Gasteiger partial charge is 0.0994 e. The summed E-state index contributed by atoms with van der Waals surface area (Å²) in [6.45, 7) is 1.98. The first-order chi connectivity index (χ1) is 10.3. The van der Waals surface area contributed by atoms with Gasteiger partial charge in [0.15, 0.2) is 0 Å². The molecule has 1 aromatic heterocycles. The molecule has 2 aromatic carbocycles. The zero-order valence-corrected chi connectivity index (χ0v) is 12.1. The van der Waals surface area contributed by atoms with Crippen molar-refractivity contribution < 1.29 is 0 Å². The van der Waals surface area contributed by atoms with Crippen LogP contribution in [0.2, 0.25) is 0 Å². The second-order valence-corrected chi connectivity index (χ2v) is 5.27. The molecule has 0 bridgehead atoms. The highest BCUT2D eigenvalue weighted by Gasteiger charge is 2.11. The van der Waals surface area contributed by atoms with Crippen LogP contribution in [-0.4, -0.2) is 9.55 Å². The summed E-state index contributed by atoms with van der Waals surface area (Å²) in [5.74, 6) is 0. The van der Waals surface area contributed by atoms with Crippen LogP contribution in [0, 0.1) is 0 Å². The number of hydrogen-bond acceptors (Lipinski definition) is 2. The number of rotatable bonds is 4. The minimum Gasteiger partial charge on any atom is -0.323 e. The molecule has 0 fully saturated rings. The minimum atomic E-state index is -0.0442. The highest BCUT2D eigenvalue weighted by atomic mass is 15.1. The van der Waals surface area contributed by atoms with Crippen molar-refractivity contribution in [3.05, 3.63) is 83.9 Å². The molecule has 3 nitrogen and oxygen atoms in total. The highest BCUT2D eigenvalue weighted by molar-refractivity contribution is 5.45. The fourth-order valence-electron chi connectivity index (χ4n) is 2.55. The lowest BCUT2D eigenvalue weighted by Crippen LogP contribution is -2.11. The number of hydrogen-bond donors (Lipinski definition) is 1. The number of nitrogens with zero attached hydrogens (tertiary/aromatic N) is 2. The fraction of sp³-hybridized carbons (Fsp3) is 0.167. The maximum Gasteiger partial charge on any atom is 0.0994 e.